The van der Waals surface area contributed by atoms with Crippen LogP contribution < -0.4 is 9.47 Å². The topological polar surface area (TPSA) is 54.0 Å². The van der Waals surface area contributed by atoms with Gasteiger partial charge < -0.3 is 18.9 Å². The number of benzene rings is 2. The number of halogens is 1. The van der Waals surface area contributed by atoms with E-state index in [1.807, 2.05) is 60.7 Å². The van der Waals surface area contributed by atoms with Crippen molar-refractivity contribution in [3.05, 3.63) is 76.0 Å². The third-order valence-electron chi connectivity index (χ3n) is 4.06. The summed E-state index contributed by atoms with van der Waals surface area (Å²) in [7, 11) is 6.03. The van der Waals surface area contributed by atoms with Gasteiger partial charge in [-0.15, -0.1) is 0 Å². The van der Waals surface area contributed by atoms with Crippen LogP contribution in [0.5, 0.6) is 11.5 Å². The van der Waals surface area contributed by atoms with E-state index in [4.69, 9.17) is 18.9 Å². The summed E-state index contributed by atoms with van der Waals surface area (Å²) in [5.41, 5.74) is 2.87. The normalized spacial score (nSPS) is 11.7. The second-order valence-corrected chi connectivity index (χ2v) is 6.65. The highest BCUT2D eigenvalue weighted by atomic mass is 79.9. The minimum atomic E-state index is -0.461. The Morgan fingerprint density at radius 1 is 0.897 bits per heavy atom. The molecule has 2 aromatic rings. The SMILES string of the molecule is COC=C(C(=O)OC)c1ccccc1C=CC=Cc1cc(OC)c(OC)cc1Br. The van der Waals surface area contributed by atoms with Gasteiger partial charge in [0.05, 0.1) is 34.7 Å². The summed E-state index contributed by atoms with van der Waals surface area (Å²) in [6.45, 7) is 0. The van der Waals surface area contributed by atoms with E-state index >= 15 is 0 Å². The Kier molecular flexibility index (Phi) is 8.55. The van der Waals surface area contributed by atoms with Gasteiger partial charge in [-0.3, -0.25) is 0 Å². The smallest absolute Gasteiger partial charge is 0.341 e. The van der Waals surface area contributed by atoms with Crippen molar-refractivity contribution in [1.29, 1.82) is 0 Å². The fourth-order valence-electron chi connectivity index (χ4n) is 2.65. The second-order valence-electron chi connectivity index (χ2n) is 5.79. The van der Waals surface area contributed by atoms with E-state index in [1.54, 1.807) is 14.2 Å². The number of hydrogen-bond acceptors (Lipinski definition) is 5. The van der Waals surface area contributed by atoms with Gasteiger partial charge >= 0.3 is 5.97 Å². The minimum Gasteiger partial charge on any atom is -0.503 e. The van der Waals surface area contributed by atoms with Crippen molar-refractivity contribution in [1.82, 2.24) is 0 Å². The van der Waals surface area contributed by atoms with Crippen LogP contribution in [-0.4, -0.2) is 34.4 Å². The van der Waals surface area contributed by atoms with Crippen LogP contribution >= 0.6 is 15.9 Å². The standard InChI is InChI=1S/C23H23BrO5/c1-26-15-19(23(25)29-4)18-12-8-7-10-16(18)9-5-6-11-17-13-21(27-2)22(28-3)14-20(17)24/h5-15H,1-4H3. The van der Waals surface area contributed by atoms with Crippen LogP contribution in [0.25, 0.3) is 17.7 Å². The molecule has 5 nitrogen and oxygen atoms in total. The Morgan fingerprint density at radius 3 is 2.14 bits per heavy atom. The van der Waals surface area contributed by atoms with E-state index < -0.39 is 5.97 Å². The maximum Gasteiger partial charge on any atom is 0.341 e. The highest BCUT2D eigenvalue weighted by molar-refractivity contribution is 9.10. The van der Waals surface area contributed by atoms with E-state index in [0.717, 1.165) is 21.2 Å². The lowest BCUT2D eigenvalue weighted by Gasteiger charge is -2.09. The van der Waals surface area contributed by atoms with E-state index in [9.17, 15) is 4.79 Å². The summed E-state index contributed by atoms with van der Waals surface area (Å²) in [4.78, 5) is 12.1. The first-order valence-corrected chi connectivity index (χ1v) is 9.52. The Balaban J connectivity index is 2.30. The molecule has 0 aliphatic rings. The monoisotopic (exact) mass is 458 g/mol. The van der Waals surface area contributed by atoms with Crippen LogP contribution in [-0.2, 0) is 14.3 Å². The molecule has 0 aromatic heterocycles. The van der Waals surface area contributed by atoms with Crippen molar-refractivity contribution < 1.29 is 23.7 Å². The number of methoxy groups -OCH3 is 4. The maximum atomic E-state index is 12.1. The number of allylic oxidation sites excluding steroid dienone is 2. The summed E-state index contributed by atoms with van der Waals surface area (Å²) < 4.78 is 21.4. The molecule has 0 heterocycles. The zero-order chi connectivity index (χ0) is 21.2. The molecule has 0 radical (unpaired) electrons. The Morgan fingerprint density at radius 2 is 1.52 bits per heavy atom. The predicted octanol–water partition coefficient (Wildman–Crippen LogP) is 5.35. The van der Waals surface area contributed by atoms with Gasteiger partial charge in [-0.1, -0.05) is 64.5 Å². The molecule has 0 aliphatic carbocycles. The molecule has 2 rings (SSSR count). The zero-order valence-corrected chi connectivity index (χ0v) is 18.4. The summed E-state index contributed by atoms with van der Waals surface area (Å²) >= 11 is 3.54. The number of carbonyl (C=O) groups excluding carboxylic acids is 1. The van der Waals surface area contributed by atoms with Gasteiger partial charge in [-0.25, -0.2) is 4.79 Å². The fourth-order valence-corrected chi connectivity index (χ4v) is 3.11. The minimum absolute atomic E-state index is 0.349. The number of carbonyl (C=O) groups is 1. The van der Waals surface area contributed by atoms with Gasteiger partial charge in [-0.05, 0) is 28.8 Å². The molecular formula is C23H23BrO5. The summed E-state index contributed by atoms with van der Waals surface area (Å²) in [5.74, 6) is 0.843. The molecule has 0 saturated heterocycles. The van der Waals surface area contributed by atoms with E-state index in [-0.39, 0.29) is 0 Å². The molecule has 0 N–H and O–H groups in total. The van der Waals surface area contributed by atoms with Crippen molar-refractivity contribution >= 4 is 39.6 Å². The van der Waals surface area contributed by atoms with Crippen molar-refractivity contribution in [2.24, 2.45) is 0 Å². The van der Waals surface area contributed by atoms with Crippen molar-refractivity contribution in [3.8, 4) is 11.5 Å². The Hall–Kier alpha value is -2.99. The van der Waals surface area contributed by atoms with Crippen molar-refractivity contribution in [2.75, 3.05) is 28.4 Å². The van der Waals surface area contributed by atoms with Crippen LogP contribution in [0.4, 0.5) is 0 Å². The molecule has 0 spiro atoms. The Labute approximate surface area is 179 Å². The lowest BCUT2D eigenvalue weighted by atomic mass is 10.00. The third kappa shape index (κ3) is 5.74. The molecule has 2 aromatic carbocycles. The zero-order valence-electron chi connectivity index (χ0n) is 16.8. The summed E-state index contributed by atoms with van der Waals surface area (Å²) in [6, 6.07) is 11.3. The van der Waals surface area contributed by atoms with Gasteiger partial charge in [0.25, 0.3) is 0 Å². The summed E-state index contributed by atoms with van der Waals surface area (Å²) in [5, 5.41) is 0. The average molecular weight is 459 g/mol. The predicted molar refractivity (Wildman–Crippen MR) is 119 cm³/mol. The lowest BCUT2D eigenvalue weighted by Crippen LogP contribution is -2.05. The third-order valence-corrected chi connectivity index (χ3v) is 4.74. The molecule has 152 valence electrons. The van der Waals surface area contributed by atoms with Crippen LogP contribution in [0.15, 0.2) is 59.3 Å². The largest absolute Gasteiger partial charge is 0.503 e. The van der Waals surface area contributed by atoms with Gasteiger partial charge in [0.2, 0.25) is 0 Å². The molecule has 6 heteroatoms. The van der Waals surface area contributed by atoms with Gasteiger partial charge in [0, 0.05) is 4.47 Å². The number of ether oxygens (including phenoxy) is 4. The first-order valence-electron chi connectivity index (χ1n) is 8.72. The Bertz CT molecular complexity index is 944. The van der Waals surface area contributed by atoms with Crippen LogP contribution in [0, 0.1) is 0 Å². The van der Waals surface area contributed by atoms with Crippen LogP contribution in [0.3, 0.4) is 0 Å². The van der Waals surface area contributed by atoms with Crippen LogP contribution in [0.1, 0.15) is 16.7 Å². The second kappa shape index (κ2) is 11.1. The molecule has 0 atom stereocenters. The first kappa shape index (κ1) is 22.3. The quantitative estimate of drug-likeness (QED) is 0.231. The fraction of sp³-hybridized carbons (Fsp3) is 0.174. The summed E-state index contributed by atoms with van der Waals surface area (Å²) in [6.07, 6.45) is 9.03. The van der Waals surface area contributed by atoms with E-state index in [1.165, 1.54) is 20.5 Å². The van der Waals surface area contributed by atoms with E-state index in [2.05, 4.69) is 15.9 Å². The average Bonchev–Trinajstić information content (AvgIpc) is 2.75. The maximum absolute atomic E-state index is 12.1. The molecule has 0 unspecified atom stereocenters. The molecule has 0 saturated carbocycles. The van der Waals surface area contributed by atoms with Gasteiger partial charge in [-0.2, -0.15) is 0 Å². The van der Waals surface area contributed by atoms with E-state index in [0.29, 0.717) is 17.1 Å². The van der Waals surface area contributed by atoms with Gasteiger partial charge in [0.15, 0.2) is 11.5 Å². The van der Waals surface area contributed by atoms with Crippen molar-refractivity contribution in [2.45, 2.75) is 0 Å². The number of esters is 1. The van der Waals surface area contributed by atoms with Gasteiger partial charge in [0.1, 0.15) is 5.57 Å². The molecular weight excluding hydrogens is 436 g/mol. The highest BCUT2D eigenvalue weighted by Crippen LogP contribution is 2.34. The number of rotatable bonds is 8. The van der Waals surface area contributed by atoms with Crippen LogP contribution in [0.2, 0.25) is 0 Å². The number of hydrogen-bond donors (Lipinski definition) is 0. The molecule has 0 aliphatic heterocycles. The highest BCUT2D eigenvalue weighted by Gasteiger charge is 2.15. The molecule has 0 fully saturated rings. The molecule has 29 heavy (non-hydrogen) atoms. The lowest BCUT2D eigenvalue weighted by molar-refractivity contribution is -0.133. The van der Waals surface area contributed by atoms with Crippen molar-refractivity contribution in [3.63, 3.8) is 0 Å². The molecule has 0 bridgehead atoms. The first-order chi connectivity index (χ1) is 14.0. The molecule has 0 amide bonds.